The van der Waals surface area contributed by atoms with Gasteiger partial charge in [-0.3, -0.25) is 19.4 Å². The van der Waals surface area contributed by atoms with Crippen molar-refractivity contribution >= 4 is 41.4 Å². The van der Waals surface area contributed by atoms with Gasteiger partial charge in [-0.2, -0.15) is 11.8 Å². The molecule has 4 unspecified atom stereocenters. The molecule has 3 amide bonds. The number of aliphatic carboxylic acids is 1. The first-order chi connectivity index (χ1) is 20.0. The van der Waals surface area contributed by atoms with Crippen LogP contribution in [0.2, 0.25) is 0 Å². The summed E-state index contributed by atoms with van der Waals surface area (Å²) in [5.41, 5.74) is 17.7. The lowest BCUT2D eigenvalue weighted by Crippen LogP contribution is -2.58. The number of guanidine groups is 1. The summed E-state index contributed by atoms with van der Waals surface area (Å²) in [6, 6.07) is 1.51. The number of hydrogen-bond donors (Lipinski definition) is 9. The molecule has 2 rings (SSSR count). The molecule has 0 aliphatic heterocycles. The molecular formula is C26H39N9O6S. The second-order valence-electron chi connectivity index (χ2n) is 9.51. The van der Waals surface area contributed by atoms with Crippen LogP contribution in [0.15, 0.2) is 41.8 Å². The van der Waals surface area contributed by atoms with Crippen LogP contribution in [0.3, 0.4) is 0 Å². The number of carbonyl (C=O) groups is 4. The summed E-state index contributed by atoms with van der Waals surface area (Å²) in [4.78, 5) is 62.2. The van der Waals surface area contributed by atoms with Crippen molar-refractivity contribution in [2.75, 3.05) is 18.6 Å². The maximum absolute atomic E-state index is 13.5. The van der Waals surface area contributed by atoms with Gasteiger partial charge in [-0.1, -0.05) is 12.1 Å². The van der Waals surface area contributed by atoms with Crippen molar-refractivity contribution in [1.82, 2.24) is 25.9 Å². The molecule has 0 bridgehead atoms. The summed E-state index contributed by atoms with van der Waals surface area (Å²) in [5.74, 6) is -2.72. The molecule has 2 aromatic rings. The van der Waals surface area contributed by atoms with E-state index in [1.807, 2.05) is 6.26 Å². The fraction of sp³-hybridized carbons (Fsp3) is 0.462. The molecule has 0 aliphatic rings. The number of hydrogen-bond acceptors (Lipinski definition) is 9. The fourth-order valence-electron chi connectivity index (χ4n) is 3.86. The van der Waals surface area contributed by atoms with Gasteiger partial charge in [0.05, 0.1) is 12.4 Å². The van der Waals surface area contributed by atoms with E-state index in [1.165, 1.54) is 36.4 Å². The maximum Gasteiger partial charge on any atom is 0.326 e. The molecule has 0 saturated carbocycles. The minimum Gasteiger partial charge on any atom is -0.508 e. The number of benzene rings is 1. The Bertz CT molecular complexity index is 1190. The zero-order valence-electron chi connectivity index (χ0n) is 23.3. The van der Waals surface area contributed by atoms with Gasteiger partial charge in [0.1, 0.15) is 23.9 Å². The Morgan fingerprint density at radius 2 is 1.60 bits per heavy atom. The van der Waals surface area contributed by atoms with Crippen molar-refractivity contribution in [1.29, 1.82) is 0 Å². The number of phenolic OH excluding ortho intramolecular Hbond substituents is 1. The SMILES string of the molecule is CSCCC(N)C(=O)NC(Cc1cnc[nH]1)C(=O)NC(Cc1ccc(O)cc1)C(=O)NC(CCCN=C(N)N)C(=O)O. The molecule has 16 heteroatoms. The monoisotopic (exact) mass is 605 g/mol. The predicted octanol–water partition coefficient (Wildman–Crippen LogP) is -1.43. The Kier molecular flexibility index (Phi) is 14.1. The standard InChI is InChI=1S/C26H39N9O6S/c1-42-10-8-18(27)22(37)34-21(12-16-13-30-14-32-16)24(39)35-20(11-15-4-6-17(36)7-5-15)23(38)33-19(25(40)41)3-2-9-31-26(28)29/h4-7,13-14,18-21,36H,2-3,8-12,27H2,1H3,(H,30,32)(H,33,38)(H,34,37)(H,35,39)(H,40,41)(H4,28,29,31). The second-order valence-corrected chi connectivity index (χ2v) is 10.5. The Labute approximate surface area is 247 Å². The van der Waals surface area contributed by atoms with Crippen LogP contribution in [0.1, 0.15) is 30.5 Å². The highest BCUT2D eigenvalue weighted by Crippen LogP contribution is 2.13. The topological polar surface area (TPSA) is 264 Å². The zero-order valence-corrected chi connectivity index (χ0v) is 24.1. The number of nitrogens with zero attached hydrogens (tertiary/aromatic N) is 2. The summed E-state index contributed by atoms with van der Waals surface area (Å²) < 4.78 is 0. The van der Waals surface area contributed by atoms with Crippen LogP contribution >= 0.6 is 11.8 Å². The van der Waals surface area contributed by atoms with Gasteiger partial charge in [0.2, 0.25) is 17.7 Å². The number of aromatic nitrogens is 2. The van der Waals surface area contributed by atoms with Crippen LogP contribution in [0.5, 0.6) is 5.75 Å². The number of rotatable bonds is 18. The summed E-state index contributed by atoms with van der Waals surface area (Å²) >= 11 is 1.53. The van der Waals surface area contributed by atoms with Crippen molar-refractivity contribution in [3.05, 3.63) is 48.0 Å². The first-order valence-corrected chi connectivity index (χ1v) is 14.6. The zero-order chi connectivity index (χ0) is 31.1. The van der Waals surface area contributed by atoms with E-state index in [0.717, 1.165) is 0 Å². The van der Waals surface area contributed by atoms with E-state index in [0.29, 0.717) is 23.4 Å². The molecule has 12 N–H and O–H groups in total. The molecule has 0 aliphatic carbocycles. The maximum atomic E-state index is 13.5. The van der Waals surface area contributed by atoms with Crippen molar-refractivity contribution in [3.63, 3.8) is 0 Å². The van der Waals surface area contributed by atoms with E-state index >= 15 is 0 Å². The number of nitrogens with two attached hydrogens (primary N) is 3. The highest BCUT2D eigenvalue weighted by molar-refractivity contribution is 7.98. The van der Waals surface area contributed by atoms with E-state index in [4.69, 9.17) is 17.2 Å². The molecule has 0 spiro atoms. The minimum absolute atomic E-state index is 0.00986. The Morgan fingerprint density at radius 3 is 2.17 bits per heavy atom. The number of H-pyrrole nitrogens is 1. The number of amides is 3. The number of aromatic amines is 1. The molecular weight excluding hydrogens is 566 g/mol. The van der Waals surface area contributed by atoms with Crippen LogP contribution in [0, 0.1) is 0 Å². The molecule has 1 aromatic heterocycles. The number of carboxylic acids is 1. The summed E-state index contributed by atoms with van der Waals surface area (Å²) in [5, 5.41) is 27.1. The number of phenols is 1. The van der Waals surface area contributed by atoms with Crippen LogP contribution in [-0.4, -0.2) is 92.6 Å². The van der Waals surface area contributed by atoms with Crippen LogP contribution in [0.25, 0.3) is 0 Å². The molecule has 230 valence electrons. The predicted molar refractivity (Wildman–Crippen MR) is 158 cm³/mol. The van der Waals surface area contributed by atoms with Crippen molar-refractivity contribution in [2.45, 2.75) is 56.3 Å². The average molecular weight is 606 g/mol. The third kappa shape index (κ3) is 12.1. The van der Waals surface area contributed by atoms with Gasteiger partial charge >= 0.3 is 5.97 Å². The Balaban J connectivity index is 2.25. The third-order valence-electron chi connectivity index (χ3n) is 6.15. The number of carbonyl (C=O) groups excluding carboxylic acids is 3. The molecule has 4 atom stereocenters. The van der Waals surface area contributed by atoms with Gasteiger partial charge in [-0.25, -0.2) is 9.78 Å². The smallest absolute Gasteiger partial charge is 0.326 e. The minimum atomic E-state index is -1.28. The molecule has 1 heterocycles. The summed E-state index contributed by atoms with van der Waals surface area (Å²) in [6.45, 7) is 0.170. The van der Waals surface area contributed by atoms with Gasteiger partial charge in [0, 0.05) is 31.3 Å². The van der Waals surface area contributed by atoms with Crippen molar-refractivity contribution < 1.29 is 29.4 Å². The van der Waals surface area contributed by atoms with Crippen molar-refractivity contribution in [3.8, 4) is 5.75 Å². The van der Waals surface area contributed by atoms with Gasteiger partial charge in [0.25, 0.3) is 0 Å². The van der Waals surface area contributed by atoms with Gasteiger partial charge in [-0.15, -0.1) is 0 Å². The summed E-state index contributed by atoms with van der Waals surface area (Å²) in [6.07, 6.45) is 5.52. The van der Waals surface area contributed by atoms with E-state index in [9.17, 15) is 29.4 Å². The quantitative estimate of drug-likeness (QED) is 0.0540. The number of carboxylic acid groups (broad SMARTS) is 1. The normalized spacial score (nSPS) is 13.7. The van der Waals surface area contributed by atoms with Gasteiger partial charge in [0.15, 0.2) is 5.96 Å². The average Bonchev–Trinajstić information content (AvgIpc) is 3.46. The number of imidazole rings is 1. The van der Waals surface area contributed by atoms with Gasteiger partial charge in [-0.05, 0) is 49.0 Å². The highest BCUT2D eigenvalue weighted by Gasteiger charge is 2.31. The highest BCUT2D eigenvalue weighted by atomic mass is 32.2. The second kappa shape index (κ2) is 17.5. The van der Waals surface area contributed by atoms with Gasteiger partial charge < -0.3 is 48.3 Å². The fourth-order valence-corrected chi connectivity index (χ4v) is 4.35. The van der Waals surface area contributed by atoms with E-state index < -0.39 is 47.9 Å². The third-order valence-corrected chi connectivity index (χ3v) is 6.79. The van der Waals surface area contributed by atoms with E-state index in [-0.39, 0.29) is 43.9 Å². The van der Waals surface area contributed by atoms with Crippen molar-refractivity contribution in [2.24, 2.45) is 22.2 Å². The van der Waals surface area contributed by atoms with Crippen LogP contribution in [0.4, 0.5) is 0 Å². The number of aromatic hydroxyl groups is 1. The van der Waals surface area contributed by atoms with Crippen LogP contribution in [-0.2, 0) is 32.0 Å². The molecule has 15 nitrogen and oxygen atoms in total. The largest absolute Gasteiger partial charge is 0.508 e. The Morgan fingerprint density at radius 1 is 0.976 bits per heavy atom. The first-order valence-electron chi connectivity index (χ1n) is 13.2. The van der Waals surface area contributed by atoms with E-state index in [2.05, 4.69) is 30.9 Å². The number of thioether (sulfide) groups is 1. The molecule has 0 radical (unpaired) electrons. The lowest BCUT2D eigenvalue weighted by molar-refractivity contribution is -0.142. The number of nitrogens with one attached hydrogen (secondary N) is 4. The molecule has 0 saturated heterocycles. The molecule has 0 fully saturated rings. The Hall–Kier alpha value is -4.31. The lowest BCUT2D eigenvalue weighted by atomic mass is 10.0. The molecule has 1 aromatic carbocycles. The summed E-state index contributed by atoms with van der Waals surface area (Å²) in [7, 11) is 0. The first kappa shape index (κ1) is 33.9. The lowest BCUT2D eigenvalue weighted by Gasteiger charge is -2.25. The number of aliphatic imine (C=N–C) groups is 1. The van der Waals surface area contributed by atoms with Crippen LogP contribution < -0.4 is 33.2 Å². The molecule has 42 heavy (non-hydrogen) atoms. The van der Waals surface area contributed by atoms with E-state index in [1.54, 1.807) is 12.1 Å².